The third-order valence-electron chi connectivity index (χ3n) is 5.96. The van der Waals surface area contributed by atoms with Gasteiger partial charge in [0.2, 0.25) is 0 Å². The number of benzene rings is 1. The molecule has 0 aliphatic carbocycles. The SMILES string of the molecule is CC(C)(C)OC(=O)N1C2CCC1CN(c1nc3c(OC(F)(F)CO)ccc(-c4nccs4)c3o1)C2. The van der Waals surface area contributed by atoms with Crippen molar-refractivity contribution in [3.63, 3.8) is 0 Å². The molecular formula is C23H26F2N4O5S. The molecule has 9 nitrogen and oxygen atoms in total. The van der Waals surface area contributed by atoms with E-state index in [2.05, 4.69) is 9.97 Å². The number of piperazine rings is 1. The first-order chi connectivity index (χ1) is 16.5. The number of thiazole rings is 1. The molecule has 0 radical (unpaired) electrons. The second kappa shape index (κ2) is 8.59. The van der Waals surface area contributed by atoms with Crippen LogP contribution in [0.2, 0.25) is 0 Å². The van der Waals surface area contributed by atoms with Crippen LogP contribution in [0.15, 0.2) is 28.1 Å². The van der Waals surface area contributed by atoms with Crippen LogP contribution in [0.25, 0.3) is 21.7 Å². The standard InChI is InChI=1S/C23H26F2N4O5S/c1-22(2,3)34-21(31)29-13-4-5-14(29)11-28(10-13)20-27-17-16(33-23(24,25)12-30)7-6-15(18(17)32-20)19-26-8-9-35-19/h6-9,13-14,30H,4-5,10-12H2,1-3H3. The number of amides is 1. The minimum atomic E-state index is -3.77. The van der Waals surface area contributed by atoms with Crippen LogP contribution in [0.5, 0.6) is 5.75 Å². The van der Waals surface area contributed by atoms with E-state index in [4.69, 9.17) is 19.0 Å². The Hall–Kier alpha value is -2.99. The number of fused-ring (bicyclic) bond motifs is 3. The van der Waals surface area contributed by atoms with Crippen molar-refractivity contribution in [3.05, 3.63) is 23.7 Å². The molecular weight excluding hydrogens is 482 g/mol. The van der Waals surface area contributed by atoms with Crippen LogP contribution < -0.4 is 9.64 Å². The summed E-state index contributed by atoms with van der Waals surface area (Å²) in [6.07, 6.45) is -0.826. The highest BCUT2D eigenvalue weighted by atomic mass is 32.1. The van der Waals surface area contributed by atoms with Gasteiger partial charge in [0.05, 0.1) is 17.6 Å². The molecule has 4 heterocycles. The van der Waals surface area contributed by atoms with E-state index < -0.39 is 18.3 Å². The number of aromatic nitrogens is 2. The fourth-order valence-corrected chi connectivity index (χ4v) is 5.24. The van der Waals surface area contributed by atoms with Gasteiger partial charge in [-0.25, -0.2) is 9.78 Å². The van der Waals surface area contributed by atoms with Gasteiger partial charge in [-0.3, -0.25) is 4.90 Å². The Bertz CT molecular complexity index is 1210. The monoisotopic (exact) mass is 508 g/mol. The Kier molecular flexibility index (Phi) is 5.83. The van der Waals surface area contributed by atoms with Gasteiger partial charge in [0.15, 0.2) is 16.8 Å². The molecule has 2 unspecified atom stereocenters. The molecule has 0 spiro atoms. The number of aliphatic hydroxyl groups excluding tert-OH is 1. The number of halogens is 2. The molecule has 2 aromatic heterocycles. The van der Waals surface area contributed by atoms with Gasteiger partial charge in [-0.2, -0.15) is 13.8 Å². The second-order valence-electron chi connectivity index (χ2n) is 9.70. The first kappa shape index (κ1) is 23.7. The molecule has 2 bridgehead atoms. The Morgan fingerprint density at radius 2 is 1.97 bits per heavy atom. The number of anilines is 1. The maximum atomic E-state index is 13.8. The van der Waals surface area contributed by atoms with Crippen LogP contribution in [0.4, 0.5) is 19.6 Å². The molecule has 1 N–H and O–H groups in total. The highest BCUT2D eigenvalue weighted by Gasteiger charge is 2.45. The molecule has 2 fully saturated rings. The topological polar surface area (TPSA) is 101 Å². The van der Waals surface area contributed by atoms with Gasteiger partial charge in [0, 0.05) is 24.7 Å². The summed E-state index contributed by atoms with van der Waals surface area (Å²) in [5, 5.41) is 11.4. The minimum Gasteiger partial charge on any atom is -0.444 e. The number of carbonyl (C=O) groups is 1. The lowest BCUT2D eigenvalue weighted by atomic mass is 10.2. The van der Waals surface area contributed by atoms with Gasteiger partial charge in [0.25, 0.3) is 6.01 Å². The molecule has 2 aliphatic rings. The van der Waals surface area contributed by atoms with E-state index in [9.17, 15) is 13.6 Å². The van der Waals surface area contributed by atoms with Crippen LogP contribution in [0.3, 0.4) is 0 Å². The van der Waals surface area contributed by atoms with Crippen molar-refractivity contribution in [2.24, 2.45) is 0 Å². The maximum Gasteiger partial charge on any atom is 0.421 e. The van der Waals surface area contributed by atoms with Crippen molar-refractivity contribution in [1.82, 2.24) is 14.9 Å². The zero-order valence-electron chi connectivity index (χ0n) is 19.5. The van der Waals surface area contributed by atoms with Crippen molar-refractivity contribution in [2.75, 3.05) is 24.6 Å². The van der Waals surface area contributed by atoms with Crippen molar-refractivity contribution in [3.8, 4) is 16.3 Å². The van der Waals surface area contributed by atoms with E-state index in [-0.39, 0.29) is 41.0 Å². The largest absolute Gasteiger partial charge is 0.444 e. The van der Waals surface area contributed by atoms with E-state index in [1.807, 2.05) is 25.7 Å². The molecule has 1 aromatic carbocycles. The van der Waals surface area contributed by atoms with Crippen LogP contribution in [0.1, 0.15) is 33.6 Å². The summed E-state index contributed by atoms with van der Waals surface area (Å²) in [5.41, 5.74) is 0.391. The molecule has 3 aromatic rings. The number of rotatable bonds is 5. The van der Waals surface area contributed by atoms with Gasteiger partial charge in [0.1, 0.15) is 17.2 Å². The van der Waals surface area contributed by atoms with E-state index in [1.165, 1.54) is 17.4 Å². The lowest BCUT2D eigenvalue weighted by molar-refractivity contribution is -0.200. The van der Waals surface area contributed by atoms with Crippen LogP contribution >= 0.6 is 11.3 Å². The lowest BCUT2D eigenvalue weighted by Crippen LogP contribution is -2.56. The Morgan fingerprint density at radius 1 is 1.26 bits per heavy atom. The average Bonchev–Trinajstić information content (AvgIpc) is 3.51. The molecule has 188 valence electrons. The Morgan fingerprint density at radius 3 is 2.57 bits per heavy atom. The molecule has 2 atom stereocenters. The van der Waals surface area contributed by atoms with Gasteiger partial charge >= 0.3 is 12.2 Å². The number of alkyl halides is 2. The van der Waals surface area contributed by atoms with Gasteiger partial charge in [-0.15, -0.1) is 11.3 Å². The van der Waals surface area contributed by atoms with Crippen LogP contribution in [-0.2, 0) is 4.74 Å². The fraction of sp³-hybridized carbons (Fsp3) is 0.522. The number of ether oxygens (including phenoxy) is 2. The quantitative estimate of drug-likeness (QED) is 0.538. The molecule has 5 rings (SSSR count). The zero-order valence-corrected chi connectivity index (χ0v) is 20.3. The summed E-state index contributed by atoms with van der Waals surface area (Å²) in [7, 11) is 0. The summed E-state index contributed by atoms with van der Waals surface area (Å²) in [5.74, 6) is -0.204. The zero-order chi connectivity index (χ0) is 25.0. The lowest BCUT2D eigenvalue weighted by Gasteiger charge is -2.40. The minimum absolute atomic E-state index is 0.0773. The van der Waals surface area contributed by atoms with Crippen LogP contribution in [-0.4, -0.2) is 69.6 Å². The summed E-state index contributed by atoms with van der Waals surface area (Å²) in [6.45, 7) is 4.98. The molecule has 0 saturated carbocycles. The van der Waals surface area contributed by atoms with Crippen LogP contribution in [0, 0.1) is 0 Å². The van der Waals surface area contributed by atoms with E-state index >= 15 is 0 Å². The predicted octanol–water partition coefficient (Wildman–Crippen LogP) is 4.50. The summed E-state index contributed by atoms with van der Waals surface area (Å²) in [6, 6.07) is 3.06. The number of aliphatic hydroxyl groups is 1. The molecule has 2 saturated heterocycles. The van der Waals surface area contributed by atoms with Crippen molar-refractivity contribution in [1.29, 1.82) is 0 Å². The van der Waals surface area contributed by atoms with Crippen molar-refractivity contribution < 1.29 is 32.6 Å². The normalized spacial score (nSPS) is 20.5. The predicted molar refractivity (Wildman–Crippen MR) is 125 cm³/mol. The molecule has 1 amide bonds. The molecule has 35 heavy (non-hydrogen) atoms. The third kappa shape index (κ3) is 4.64. The Balaban J connectivity index is 1.48. The van der Waals surface area contributed by atoms with Crippen molar-refractivity contribution >= 4 is 34.5 Å². The maximum absolute atomic E-state index is 13.8. The summed E-state index contributed by atoms with van der Waals surface area (Å²) < 4.78 is 44.2. The number of hydrogen-bond acceptors (Lipinski definition) is 9. The van der Waals surface area contributed by atoms with Gasteiger partial charge < -0.3 is 23.9 Å². The molecule has 2 aliphatic heterocycles. The number of carbonyl (C=O) groups excluding carboxylic acids is 1. The second-order valence-corrected chi connectivity index (χ2v) is 10.6. The highest BCUT2D eigenvalue weighted by Crippen LogP contribution is 2.41. The first-order valence-corrected chi connectivity index (χ1v) is 12.2. The summed E-state index contributed by atoms with van der Waals surface area (Å²) in [4.78, 5) is 25.3. The van der Waals surface area contributed by atoms with Gasteiger partial charge in [-0.05, 0) is 45.7 Å². The highest BCUT2D eigenvalue weighted by molar-refractivity contribution is 7.13. The Labute approximate surface area is 204 Å². The molecule has 12 heteroatoms. The number of oxazole rings is 1. The summed E-state index contributed by atoms with van der Waals surface area (Å²) >= 11 is 1.38. The third-order valence-corrected chi connectivity index (χ3v) is 6.76. The average molecular weight is 509 g/mol. The fourth-order valence-electron chi connectivity index (χ4n) is 4.58. The van der Waals surface area contributed by atoms with E-state index in [0.717, 1.165) is 12.8 Å². The van der Waals surface area contributed by atoms with Gasteiger partial charge in [-0.1, -0.05) is 0 Å². The van der Waals surface area contributed by atoms with Crippen molar-refractivity contribution in [2.45, 2.75) is 57.4 Å². The number of hydrogen-bond donors (Lipinski definition) is 1. The first-order valence-electron chi connectivity index (χ1n) is 11.3. The smallest absolute Gasteiger partial charge is 0.421 e. The number of nitrogens with zero attached hydrogens (tertiary/aromatic N) is 4. The van der Waals surface area contributed by atoms with E-state index in [1.54, 1.807) is 22.5 Å². The van der Waals surface area contributed by atoms with E-state index in [0.29, 0.717) is 23.7 Å².